The van der Waals surface area contributed by atoms with Crippen LogP contribution in [0.1, 0.15) is 92.6 Å². The zero-order valence-corrected chi connectivity index (χ0v) is 19.1. The van der Waals surface area contributed by atoms with Crippen molar-refractivity contribution < 1.29 is 9.18 Å². The highest BCUT2D eigenvalue weighted by molar-refractivity contribution is 5.94. The average molecular weight is 427 g/mol. The maximum Gasteiger partial charge on any atom is 0.251 e. The van der Waals surface area contributed by atoms with Crippen molar-refractivity contribution in [3.63, 3.8) is 0 Å². The second-order valence-electron chi connectivity index (χ2n) is 8.33. The van der Waals surface area contributed by atoms with E-state index in [0.29, 0.717) is 24.2 Å². The summed E-state index contributed by atoms with van der Waals surface area (Å²) in [6.45, 7) is 4.10. The summed E-state index contributed by atoms with van der Waals surface area (Å²) in [5.74, 6) is -0.203. The van der Waals surface area contributed by atoms with E-state index in [1.165, 1.54) is 63.9 Å². The molecule has 0 bridgehead atoms. The molecule has 0 radical (unpaired) electrons. The smallest absolute Gasteiger partial charge is 0.251 e. The van der Waals surface area contributed by atoms with E-state index in [9.17, 15) is 9.18 Å². The minimum absolute atomic E-state index is 0.0122. The number of halogens is 1. The molecule has 0 aliphatic rings. The molecular formula is C27H39FN2O. The summed E-state index contributed by atoms with van der Waals surface area (Å²) in [6, 6.07) is 14.4. The Hall–Kier alpha value is -2.20. The summed E-state index contributed by atoms with van der Waals surface area (Å²) in [4.78, 5) is 12.3. The van der Waals surface area contributed by atoms with E-state index in [4.69, 9.17) is 0 Å². The molecule has 0 saturated carbocycles. The summed E-state index contributed by atoms with van der Waals surface area (Å²) < 4.78 is 13.6. The normalized spacial score (nSPS) is 10.9. The van der Waals surface area contributed by atoms with Gasteiger partial charge in [0.2, 0.25) is 0 Å². The fraction of sp³-hybridized carbons (Fsp3) is 0.519. The highest BCUT2D eigenvalue weighted by Crippen LogP contribution is 2.11. The van der Waals surface area contributed by atoms with Gasteiger partial charge in [-0.05, 0) is 30.2 Å². The molecule has 0 fully saturated rings. The topological polar surface area (TPSA) is 41.1 Å². The van der Waals surface area contributed by atoms with Crippen LogP contribution in [0, 0.1) is 5.82 Å². The molecule has 2 aromatic rings. The van der Waals surface area contributed by atoms with Crippen molar-refractivity contribution >= 4 is 5.91 Å². The number of nitrogens with one attached hydrogen (secondary N) is 2. The first kappa shape index (κ1) is 25.1. The molecule has 31 heavy (non-hydrogen) atoms. The molecule has 0 spiro atoms. The highest BCUT2D eigenvalue weighted by atomic mass is 19.1. The molecule has 0 aromatic heterocycles. The third-order valence-corrected chi connectivity index (χ3v) is 5.63. The Morgan fingerprint density at radius 2 is 1.39 bits per heavy atom. The number of carbonyl (C=O) groups is 1. The van der Waals surface area contributed by atoms with Gasteiger partial charge in [0.05, 0.1) is 0 Å². The van der Waals surface area contributed by atoms with Gasteiger partial charge in [-0.1, -0.05) is 95.0 Å². The number of rotatable bonds is 16. The Balaban J connectivity index is 1.54. The van der Waals surface area contributed by atoms with Gasteiger partial charge in [-0.2, -0.15) is 0 Å². The number of hydrogen-bond acceptors (Lipinski definition) is 2. The quantitative estimate of drug-likeness (QED) is 0.291. The van der Waals surface area contributed by atoms with Crippen molar-refractivity contribution in [3.8, 4) is 0 Å². The maximum absolute atomic E-state index is 13.6. The number of amides is 1. The van der Waals surface area contributed by atoms with Gasteiger partial charge in [0.25, 0.3) is 5.91 Å². The van der Waals surface area contributed by atoms with Crippen molar-refractivity contribution in [1.82, 2.24) is 10.6 Å². The number of unbranched alkanes of at least 4 members (excludes halogenated alkanes) is 9. The van der Waals surface area contributed by atoms with Gasteiger partial charge in [0.15, 0.2) is 0 Å². The molecule has 0 aliphatic heterocycles. The summed E-state index contributed by atoms with van der Waals surface area (Å²) >= 11 is 0. The van der Waals surface area contributed by atoms with Crippen molar-refractivity contribution in [2.45, 2.75) is 84.2 Å². The van der Waals surface area contributed by atoms with Crippen LogP contribution < -0.4 is 10.6 Å². The molecule has 0 aliphatic carbocycles. The molecule has 2 aromatic carbocycles. The molecule has 1 amide bonds. The molecule has 2 rings (SSSR count). The van der Waals surface area contributed by atoms with Crippen molar-refractivity contribution in [3.05, 3.63) is 71.0 Å². The second-order valence-corrected chi connectivity index (χ2v) is 8.33. The maximum atomic E-state index is 13.6. The Morgan fingerprint density at radius 3 is 2.03 bits per heavy atom. The number of carbonyl (C=O) groups excluding carboxylic acids is 1. The van der Waals surface area contributed by atoms with E-state index in [-0.39, 0.29) is 11.7 Å². The first-order chi connectivity index (χ1) is 15.2. The Bertz CT molecular complexity index is 745. The molecule has 0 unspecified atom stereocenters. The molecule has 0 heterocycles. The van der Waals surface area contributed by atoms with E-state index < -0.39 is 0 Å². The fourth-order valence-electron chi connectivity index (χ4n) is 3.67. The largest absolute Gasteiger partial charge is 0.352 e. The number of benzene rings is 2. The van der Waals surface area contributed by atoms with Gasteiger partial charge in [0, 0.05) is 30.8 Å². The predicted molar refractivity (Wildman–Crippen MR) is 128 cm³/mol. The van der Waals surface area contributed by atoms with Crippen LogP contribution in [0.4, 0.5) is 4.39 Å². The van der Waals surface area contributed by atoms with Gasteiger partial charge in [-0.15, -0.1) is 0 Å². The molecule has 2 N–H and O–H groups in total. The third-order valence-electron chi connectivity index (χ3n) is 5.63. The zero-order valence-electron chi connectivity index (χ0n) is 19.1. The highest BCUT2D eigenvalue weighted by Gasteiger charge is 2.05. The first-order valence-corrected chi connectivity index (χ1v) is 12.0. The molecule has 4 heteroatoms. The summed E-state index contributed by atoms with van der Waals surface area (Å²) in [5, 5.41) is 6.26. The lowest BCUT2D eigenvalue weighted by atomic mass is 10.1. The van der Waals surface area contributed by atoms with Crippen molar-refractivity contribution in [2.24, 2.45) is 0 Å². The van der Waals surface area contributed by atoms with E-state index in [2.05, 4.69) is 17.6 Å². The van der Waals surface area contributed by atoms with E-state index >= 15 is 0 Å². The molecule has 170 valence electrons. The monoisotopic (exact) mass is 426 g/mol. The van der Waals surface area contributed by atoms with Crippen LogP contribution in [0.15, 0.2) is 48.5 Å². The molecule has 0 saturated heterocycles. The minimum Gasteiger partial charge on any atom is -0.352 e. The lowest BCUT2D eigenvalue weighted by molar-refractivity contribution is 0.0953. The van der Waals surface area contributed by atoms with Crippen LogP contribution >= 0.6 is 0 Å². The minimum atomic E-state index is -0.190. The Kier molecular flexibility index (Phi) is 12.6. The van der Waals surface area contributed by atoms with Gasteiger partial charge in [0.1, 0.15) is 5.82 Å². The third kappa shape index (κ3) is 10.6. The van der Waals surface area contributed by atoms with Crippen molar-refractivity contribution in [2.75, 3.05) is 6.54 Å². The molecule has 0 atom stereocenters. The van der Waals surface area contributed by atoms with Crippen LogP contribution in [0.25, 0.3) is 0 Å². The number of hydrogen-bond donors (Lipinski definition) is 2. The lowest BCUT2D eigenvalue weighted by Crippen LogP contribution is -2.24. The van der Waals surface area contributed by atoms with Crippen LogP contribution in [0.3, 0.4) is 0 Å². The van der Waals surface area contributed by atoms with Gasteiger partial charge in [-0.3, -0.25) is 4.79 Å². The van der Waals surface area contributed by atoms with E-state index in [1.54, 1.807) is 12.1 Å². The molecular weight excluding hydrogens is 387 g/mol. The summed E-state index contributed by atoms with van der Waals surface area (Å²) in [7, 11) is 0. The van der Waals surface area contributed by atoms with Crippen molar-refractivity contribution in [1.29, 1.82) is 0 Å². The van der Waals surface area contributed by atoms with Crippen LogP contribution in [-0.2, 0) is 13.1 Å². The summed E-state index contributed by atoms with van der Waals surface area (Å²) in [5.41, 5.74) is 2.41. The average Bonchev–Trinajstić information content (AvgIpc) is 2.79. The standard InChI is InChI=1S/C27H39FN2O/c1-2-3-4-5-6-7-8-9-10-13-20-30-27(31)24-18-16-23(17-19-24)21-29-22-25-14-11-12-15-26(25)28/h11-12,14-19,29H,2-10,13,20-22H2,1H3,(H,30,31). The SMILES string of the molecule is CCCCCCCCCCCCNC(=O)c1ccc(CNCc2ccccc2F)cc1. The van der Waals surface area contributed by atoms with E-state index in [0.717, 1.165) is 18.5 Å². The van der Waals surface area contributed by atoms with Gasteiger partial charge < -0.3 is 10.6 Å². The Morgan fingerprint density at radius 1 is 0.774 bits per heavy atom. The molecule has 3 nitrogen and oxygen atoms in total. The van der Waals surface area contributed by atoms with E-state index in [1.807, 2.05) is 30.3 Å². The van der Waals surface area contributed by atoms with Gasteiger partial charge in [-0.25, -0.2) is 4.39 Å². The summed E-state index contributed by atoms with van der Waals surface area (Å²) in [6.07, 6.45) is 13.0. The predicted octanol–water partition coefficient (Wildman–Crippen LogP) is 6.77. The second kappa shape index (κ2) is 15.6. The van der Waals surface area contributed by atoms with Crippen LogP contribution in [0.5, 0.6) is 0 Å². The van der Waals surface area contributed by atoms with Crippen LogP contribution in [-0.4, -0.2) is 12.5 Å². The lowest BCUT2D eigenvalue weighted by Gasteiger charge is -2.08. The zero-order chi connectivity index (χ0) is 22.2. The fourth-order valence-corrected chi connectivity index (χ4v) is 3.67. The first-order valence-electron chi connectivity index (χ1n) is 12.0. The van der Waals surface area contributed by atoms with Gasteiger partial charge >= 0.3 is 0 Å². The Labute approximate surface area is 187 Å². The van der Waals surface area contributed by atoms with Crippen LogP contribution in [0.2, 0.25) is 0 Å².